The number of esters is 1. The molecule has 1 aromatic heterocycles. The maximum atomic E-state index is 12.2. The van der Waals surface area contributed by atoms with Gasteiger partial charge in [-0.15, -0.1) is 0 Å². The first-order valence-corrected chi connectivity index (χ1v) is 7.71. The van der Waals surface area contributed by atoms with Crippen molar-refractivity contribution in [3.05, 3.63) is 45.8 Å². The van der Waals surface area contributed by atoms with Crippen LogP contribution in [0.4, 0.5) is 0 Å². The van der Waals surface area contributed by atoms with Gasteiger partial charge in [-0.25, -0.2) is 4.79 Å². The van der Waals surface area contributed by atoms with Gasteiger partial charge in [-0.3, -0.25) is 9.59 Å². The number of rotatable bonds is 5. The number of nitriles is 1. The summed E-state index contributed by atoms with van der Waals surface area (Å²) < 4.78 is 10.5. The average molecular weight is 342 g/mol. The monoisotopic (exact) mass is 342 g/mol. The Kier molecular flexibility index (Phi) is 5.55. The molecular weight excluding hydrogens is 324 g/mol. The molecule has 0 bridgehead atoms. The number of hydrogen-bond acceptors (Lipinski definition) is 6. The quantitative estimate of drug-likeness (QED) is 0.771. The highest BCUT2D eigenvalue weighted by Crippen LogP contribution is 2.15. The zero-order chi connectivity index (χ0) is 18.6. The van der Waals surface area contributed by atoms with Crippen molar-refractivity contribution in [2.45, 2.75) is 26.4 Å². The molecule has 2 aromatic rings. The SMILES string of the molecule is Cc1ccc2oc(C(=O)O[C@@H](C)C(=O)N(C)CCC#N)cc(=O)c2c1. The molecule has 0 spiro atoms. The number of likely N-dealkylation sites (N-methyl/N-ethyl adjacent to an activating group) is 1. The fourth-order valence-corrected chi connectivity index (χ4v) is 2.28. The first-order chi connectivity index (χ1) is 11.8. The molecule has 1 heterocycles. The fourth-order valence-electron chi connectivity index (χ4n) is 2.28. The highest BCUT2D eigenvalue weighted by atomic mass is 16.6. The van der Waals surface area contributed by atoms with E-state index in [1.54, 1.807) is 18.2 Å². The molecule has 25 heavy (non-hydrogen) atoms. The van der Waals surface area contributed by atoms with Crippen LogP contribution in [-0.4, -0.2) is 36.5 Å². The molecule has 0 saturated heterocycles. The smallest absolute Gasteiger partial charge is 0.375 e. The number of aryl methyl sites for hydroxylation is 1. The van der Waals surface area contributed by atoms with Crippen molar-refractivity contribution in [2.75, 3.05) is 13.6 Å². The lowest BCUT2D eigenvalue weighted by molar-refractivity contribution is -0.138. The second-order valence-electron chi connectivity index (χ2n) is 5.69. The van der Waals surface area contributed by atoms with E-state index in [2.05, 4.69) is 0 Å². The largest absolute Gasteiger partial charge is 0.449 e. The van der Waals surface area contributed by atoms with Crippen LogP contribution < -0.4 is 5.43 Å². The minimum Gasteiger partial charge on any atom is -0.449 e. The third kappa shape index (κ3) is 4.23. The van der Waals surface area contributed by atoms with Gasteiger partial charge in [0.2, 0.25) is 5.76 Å². The van der Waals surface area contributed by atoms with Gasteiger partial charge in [0, 0.05) is 19.7 Å². The molecule has 1 atom stereocenters. The van der Waals surface area contributed by atoms with Crippen molar-refractivity contribution in [1.29, 1.82) is 5.26 Å². The lowest BCUT2D eigenvalue weighted by Gasteiger charge is -2.20. The molecule has 0 radical (unpaired) electrons. The van der Waals surface area contributed by atoms with Crippen molar-refractivity contribution < 1.29 is 18.7 Å². The second kappa shape index (κ2) is 7.62. The van der Waals surface area contributed by atoms with E-state index in [1.165, 1.54) is 18.9 Å². The van der Waals surface area contributed by atoms with Crippen LogP contribution >= 0.6 is 0 Å². The minimum atomic E-state index is -1.06. The van der Waals surface area contributed by atoms with Gasteiger partial charge < -0.3 is 14.1 Å². The van der Waals surface area contributed by atoms with E-state index in [0.717, 1.165) is 11.6 Å². The van der Waals surface area contributed by atoms with Crippen LogP contribution in [0.3, 0.4) is 0 Å². The standard InChI is InChI=1S/C18H18N2O5/c1-11-5-6-15-13(9-11)14(21)10-16(25-15)18(23)24-12(2)17(22)20(3)8-4-7-19/h5-6,9-10,12H,4,8H2,1-3H3/t12-/m0/s1. The molecule has 7 nitrogen and oxygen atoms in total. The summed E-state index contributed by atoms with van der Waals surface area (Å²) in [5, 5.41) is 8.92. The van der Waals surface area contributed by atoms with Gasteiger partial charge in [0.1, 0.15) is 5.58 Å². The molecule has 0 fully saturated rings. The molecule has 1 amide bonds. The third-order valence-electron chi connectivity index (χ3n) is 3.65. The number of benzene rings is 1. The molecule has 7 heteroatoms. The molecule has 130 valence electrons. The summed E-state index contributed by atoms with van der Waals surface area (Å²) in [6.45, 7) is 3.50. The zero-order valence-corrected chi connectivity index (χ0v) is 14.2. The summed E-state index contributed by atoms with van der Waals surface area (Å²) in [4.78, 5) is 37.7. The Morgan fingerprint density at radius 3 is 2.76 bits per heavy atom. The summed E-state index contributed by atoms with van der Waals surface area (Å²) in [6, 6.07) is 8.03. The summed E-state index contributed by atoms with van der Waals surface area (Å²) in [5.41, 5.74) is 0.812. The predicted octanol–water partition coefficient (Wildman–Crippen LogP) is 2.02. The molecule has 1 aromatic carbocycles. The van der Waals surface area contributed by atoms with Crippen molar-refractivity contribution >= 4 is 22.8 Å². The summed E-state index contributed by atoms with van der Waals surface area (Å²) in [6.07, 6.45) is -0.878. The van der Waals surface area contributed by atoms with Crippen LogP contribution in [0.15, 0.2) is 33.5 Å². The third-order valence-corrected chi connectivity index (χ3v) is 3.65. The Balaban J connectivity index is 2.17. The van der Waals surface area contributed by atoms with E-state index in [4.69, 9.17) is 14.4 Å². The van der Waals surface area contributed by atoms with Crippen LogP contribution in [0.25, 0.3) is 11.0 Å². The Labute approximate surface area is 144 Å². The predicted molar refractivity (Wildman–Crippen MR) is 90.0 cm³/mol. The first-order valence-electron chi connectivity index (χ1n) is 7.71. The van der Waals surface area contributed by atoms with Gasteiger partial charge in [0.05, 0.1) is 17.9 Å². The number of fused-ring (bicyclic) bond motifs is 1. The van der Waals surface area contributed by atoms with Crippen molar-refractivity contribution in [3.8, 4) is 6.07 Å². The van der Waals surface area contributed by atoms with E-state index < -0.39 is 18.0 Å². The topological polar surface area (TPSA) is 101 Å². The molecule has 0 aliphatic rings. The van der Waals surface area contributed by atoms with E-state index in [0.29, 0.717) is 5.39 Å². The summed E-state index contributed by atoms with van der Waals surface area (Å²) in [7, 11) is 1.52. The molecule has 0 N–H and O–H groups in total. The van der Waals surface area contributed by atoms with E-state index >= 15 is 0 Å². The first kappa shape index (κ1) is 18.2. The van der Waals surface area contributed by atoms with Crippen molar-refractivity contribution in [3.63, 3.8) is 0 Å². The van der Waals surface area contributed by atoms with Gasteiger partial charge in [-0.05, 0) is 26.0 Å². The minimum absolute atomic E-state index is 0.182. The summed E-state index contributed by atoms with van der Waals surface area (Å²) in [5.74, 6) is -1.60. The maximum absolute atomic E-state index is 12.2. The summed E-state index contributed by atoms with van der Waals surface area (Å²) >= 11 is 0. The molecule has 0 unspecified atom stereocenters. The Hall–Kier alpha value is -3.14. The lowest BCUT2D eigenvalue weighted by atomic mass is 10.1. The number of hydrogen-bond donors (Lipinski definition) is 0. The highest BCUT2D eigenvalue weighted by molar-refractivity contribution is 5.91. The average Bonchev–Trinajstić information content (AvgIpc) is 2.59. The van der Waals surface area contributed by atoms with Gasteiger partial charge in [-0.2, -0.15) is 5.26 Å². The van der Waals surface area contributed by atoms with Gasteiger partial charge in [0.15, 0.2) is 11.5 Å². The van der Waals surface area contributed by atoms with Crippen LogP contribution in [-0.2, 0) is 9.53 Å². The number of amides is 1. The van der Waals surface area contributed by atoms with Gasteiger partial charge >= 0.3 is 5.97 Å². The van der Waals surface area contributed by atoms with Crippen molar-refractivity contribution in [2.24, 2.45) is 0 Å². The molecule has 0 aliphatic carbocycles. The van der Waals surface area contributed by atoms with Crippen LogP contribution in [0.5, 0.6) is 0 Å². The van der Waals surface area contributed by atoms with Crippen molar-refractivity contribution in [1.82, 2.24) is 4.90 Å². The van der Waals surface area contributed by atoms with Crippen LogP contribution in [0.2, 0.25) is 0 Å². The second-order valence-corrected chi connectivity index (χ2v) is 5.69. The van der Waals surface area contributed by atoms with Crippen LogP contribution in [0.1, 0.15) is 29.5 Å². The van der Waals surface area contributed by atoms with Crippen LogP contribution in [0, 0.1) is 18.3 Å². The van der Waals surface area contributed by atoms with Gasteiger partial charge in [0.25, 0.3) is 5.91 Å². The van der Waals surface area contributed by atoms with E-state index in [-0.39, 0.29) is 29.7 Å². The fraction of sp³-hybridized carbons (Fsp3) is 0.333. The Morgan fingerprint density at radius 1 is 1.36 bits per heavy atom. The Morgan fingerprint density at radius 2 is 2.08 bits per heavy atom. The number of carbonyl (C=O) groups is 2. The number of ether oxygens (including phenoxy) is 1. The Bertz CT molecular complexity index is 910. The number of carbonyl (C=O) groups excluding carboxylic acids is 2. The molecule has 0 saturated carbocycles. The highest BCUT2D eigenvalue weighted by Gasteiger charge is 2.23. The number of nitrogens with zero attached hydrogens (tertiary/aromatic N) is 2. The van der Waals surface area contributed by atoms with Gasteiger partial charge in [-0.1, -0.05) is 11.6 Å². The zero-order valence-electron chi connectivity index (χ0n) is 14.2. The molecular formula is C18H18N2O5. The van der Waals surface area contributed by atoms with E-state index in [9.17, 15) is 14.4 Å². The normalized spacial score (nSPS) is 11.6. The van der Waals surface area contributed by atoms with E-state index in [1.807, 2.05) is 13.0 Å². The molecule has 0 aliphatic heterocycles. The molecule has 2 rings (SSSR count). The lowest BCUT2D eigenvalue weighted by Crippen LogP contribution is -2.38. The maximum Gasteiger partial charge on any atom is 0.375 e.